The minimum absolute atomic E-state index is 0.279. The SMILES string of the molecule is CONC(=O)c1cccc(-n2nccc2C)c1. The zero-order valence-corrected chi connectivity index (χ0v) is 9.68. The number of hydroxylamine groups is 1. The molecule has 2 aromatic rings. The minimum Gasteiger partial charge on any atom is -0.277 e. The Labute approximate surface area is 99.0 Å². The van der Waals surface area contributed by atoms with Gasteiger partial charge in [-0.15, -0.1) is 0 Å². The van der Waals surface area contributed by atoms with E-state index in [1.54, 1.807) is 29.1 Å². The molecule has 88 valence electrons. The van der Waals surface area contributed by atoms with E-state index < -0.39 is 0 Å². The zero-order chi connectivity index (χ0) is 12.3. The van der Waals surface area contributed by atoms with E-state index in [0.717, 1.165) is 11.4 Å². The molecule has 0 aliphatic rings. The van der Waals surface area contributed by atoms with Crippen molar-refractivity contribution in [2.75, 3.05) is 7.11 Å². The van der Waals surface area contributed by atoms with Crippen LogP contribution in [0, 0.1) is 6.92 Å². The lowest BCUT2D eigenvalue weighted by Crippen LogP contribution is -2.21. The second-order valence-corrected chi connectivity index (χ2v) is 3.57. The van der Waals surface area contributed by atoms with E-state index in [2.05, 4.69) is 15.4 Å². The lowest BCUT2D eigenvalue weighted by atomic mass is 10.2. The van der Waals surface area contributed by atoms with E-state index in [1.807, 2.05) is 19.1 Å². The number of carbonyl (C=O) groups excluding carboxylic acids is 1. The van der Waals surface area contributed by atoms with Gasteiger partial charge in [0.1, 0.15) is 0 Å². The molecule has 1 aromatic heterocycles. The Morgan fingerprint density at radius 3 is 2.88 bits per heavy atom. The predicted molar refractivity (Wildman–Crippen MR) is 62.8 cm³/mol. The molecule has 0 atom stereocenters. The van der Waals surface area contributed by atoms with Gasteiger partial charge in [0, 0.05) is 17.5 Å². The molecular formula is C12H13N3O2. The standard InChI is InChI=1S/C12H13N3O2/c1-9-6-7-13-15(9)11-5-3-4-10(8-11)12(16)14-17-2/h3-8H,1-2H3,(H,14,16). The number of benzene rings is 1. The first kappa shape index (κ1) is 11.3. The van der Waals surface area contributed by atoms with E-state index >= 15 is 0 Å². The van der Waals surface area contributed by atoms with Crippen molar-refractivity contribution in [3.63, 3.8) is 0 Å². The van der Waals surface area contributed by atoms with Crippen molar-refractivity contribution in [1.29, 1.82) is 0 Å². The summed E-state index contributed by atoms with van der Waals surface area (Å²) in [6.45, 7) is 1.95. The first-order chi connectivity index (χ1) is 8.22. The average molecular weight is 231 g/mol. The topological polar surface area (TPSA) is 56.1 Å². The molecule has 0 radical (unpaired) electrons. The quantitative estimate of drug-likeness (QED) is 0.814. The van der Waals surface area contributed by atoms with E-state index in [-0.39, 0.29) is 5.91 Å². The van der Waals surface area contributed by atoms with E-state index in [1.165, 1.54) is 7.11 Å². The number of rotatable bonds is 3. The minimum atomic E-state index is -0.279. The number of hydrogen-bond donors (Lipinski definition) is 1. The molecule has 0 fully saturated rings. The fraction of sp³-hybridized carbons (Fsp3) is 0.167. The van der Waals surface area contributed by atoms with Crippen LogP contribution in [0.25, 0.3) is 5.69 Å². The smallest absolute Gasteiger partial charge is 0.274 e. The van der Waals surface area contributed by atoms with Crippen molar-refractivity contribution >= 4 is 5.91 Å². The number of nitrogens with one attached hydrogen (secondary N) is 1. The predicted octanol–water partition coefficient (Wildman–Crippen LogP) is 1.47. The van der Waals surface area contributed by atoms with Crippen molar-refractivity contribution < 1.29 is 9.63 Å². The van der Waals surface area contributed by atoms with Crippen molar-refractivity contribution in [2.45, 2.75) is 6.92 Å². The van der Waals surface area contributed by atoms with Gasteiger partial charge >= 0.3 is 0 Å². The van der Waals surface area contributed by atoms with Crippen LogP contribution in [-0.2, 0) is 4.84 Å². The summed E-state index contributed by atoms with van der Waals surface area (Å²) >= 11 is 0. The number of aryl methyl sites for hydroxylation is 1. The summed E-state index contributed by atoms with van der Waals surface area (Å²) < 4.78 is 1.77. The summed E-state index contributed by atoms with van der Waals surface area (Å²) in [7, 11) is 1.40. The van der Waals surface area contributed by atoms with Gasteiger partial charge in [-0.2, -0.15) is 5.10 Å². The summed E-state index contributed by atoms with van der Waals surface area (Å²) in [4.78, 5) is 16.2. The van der Waals surface area contributed by atoms with Crippen LogP contribution in [0.4, 0.5) is 0 Å². The third-order valence-electron chi connectivity index (χ3n) is 2.38. The van der Waals surface area contributed by atoms with Gasteiger partial charge in [0.15, 0.2) is 0 Å². The third kappa shape index (κ3) is 2.34. The van der Waals surface area contributed by atoms with Gasteiger partial charge in [0.2, 0.25) is 0 Å². The highest BCUT2D eigenvalue weighted by Gasteiger charge is 2.07. The number of aromatic nitrogens is 2. The number of amides is 1. The lowest BCUT2D eigenvalue weighted by molar-refractivity contribution is 0.0537. The molecule has 0 spiro atoms. The Bertz CT molecular complexity index is 534. The molecular weight excluding hydrogens is 218 g/mol. The Morgan fingerprint density at radius 1 is 1.41 bits per heavy atom. The Kier molecular flexibility index (Phi) is 3.20. The van der Waals surface area contributed by atoms with Gasteiger partial charge in [-0.25, -0.2) is 10.2 Å². The molecule has 1 N–H and O–H groups in total. The van der Waals surface area contributed by atoms with Crippen molar-refractivity contribution in [3.05, 3.63) is 47.8 Å². The molecule has 1 aromatic carbocycles. The molecule has 5 heteroatoms. The van der Waals surface area contributed by atoms with Crippen molar-refractivity contribution in [3.8, 4) is 5.69 Å². The van der Waals surface area contributed by atoms with Gasteiger partial charge < -0.3 is 0 Å². The Hall–Kier alpha value is -2.14. The van der Waals surface area contributed by atoms with Gasteiger partial charge in [-0.3, -0.25) is 9.63 Å². The number of carbonyl (C=O) groups is 1. The average Bonchev–Trinajstić information content (AvgIpc) is 2.76. The van der Waals surface area contributed by atoms with Gasteiger partial charge in [0.05, 0.1) is 12.8 Å². The van der Waals surface area contributed by atoms with Crippen molar-refractivity contribution in [1.82, 2.24) is 15.3 Å². The summed E-state index contributed by atoms with van der Waals surface area (Å²) in [6, 6.07) is 9.08. The molecule has 0 saturated heterocycles. The maximum absolute atomic E-state index is 11.6. The van der Waals surface area contributed by atoms with Gasteiger partial charge in [0.25, 0.3) is 5.91 Å². The molecule has 0 aliphatic heterocycles. The first-order valence-electron chi connectivity index (χ1n) is 5.17. The molecule has 1 amide bonds. The summed E-state index contributed by atoms with van der Waals surface area (Å²) in [6.07, 6.45) is 1.72. The third-order valence-corrected chi connectivity index (χ3v) is 2.38. The first-order valence-corrected chi connectivity index (χ1v) is 5.17. The van der Waals surface area contributed by atoms with Crippen LogP contribution in [-0.4, -0.2) is 22.8 Å². The highest BCUT2D eigenvalue weighted by Crippen LogP contribution is 2.12. The highest BCUT2D eigenvalue weighted by molar-refractivity contribution is 5.93. The lowest BCUT2D eigenvalue weighted by Gasteiger charge is -2.06. The maximum Gasteiger partial charge on any atom is 0.274 e. The Morgan fingerprint density at radius 2 is 2.24 bits per heavy atom. The Balaban J connectivity index is 2.35. The molecule has 2 rings (SSSR count). The fourth-order valence-corrected chi connectivity index (χ4v) is 1.57. The molecule has 0 saturated carbocycles. The van der Waals surface area contributed by atoms with Crippen LogP contribution < -0.4 is 5.48 Å². The van der Waals surface area contributed by atoms with Crippen molar-refractivity contribution in [2.24, 2.45) is 0 Å². The van der Waals surface area contributed by atoms with Crippen LogP contribution in [0.5, 0.6) is 0 Å². The van der Waals surface area contributed by atoms with Crippen LogP contribution in [0.2, 0.25) is 0 Å². The molecule has 1 heterocycles. The van der Waals surface area contributed by atoms with Gasteiger partial charge in [-0.05, 0) is 31.2 Å². The van der Waals surface area contributed by atoms with E-state index in [4.69, 9.17) is 0 Å². The molecule has 0 aliphatic carbocycles. The molecule has 0 unspecified atom stereocenters. The monoisotopic (exact) mass is 231 g/mol. The molecule has 0 bridgehead atoms. The van der Waals surface area contributed by atoms with Crippen LogP contribution >= 0.6 is 0 Å². The number of hydrogen-bond acceptors (Lipinski definition) is 3. The second kappa shape index (κ2) is 4.80. The van der Waals surface area contributed by atoms with Gasteiger partial charge in [-0.1, -0.05) is 6.07 Å². The fourth-order valence-electron chi connectivity index (χ4n) is 1.57. The highest BCUT2D eigenvalue weighted by atomic mass is 16.6. The largest absolute Gasteiger partial charge is 0.277 e. The molecule has 5 nitrogen and oxygen atoms in total. The van der Waals surface area contributed by atoms with Crippen LogP contribution in [0.1, 0.15) is 16.1 Å². The summed E-state index contributed by atoms with van der Waals surface area (Å²) in [5.41, 5.74) is 4.66. The summed E-state index contributed by atoms with van der Waals surface area (Å²) in [5, 5.41) is 4.19. The van der Waals surface area contributed by atoms with Crippen LogP contribution in [0.3, 0.4) is 0 Å². The van der Waals surface area contributed by atoms with Crippen LogP contribution in [0.15, 0.2) is 36.5 Å². The summed E-state index contributed by atoms with van der Waals surface area (Å²) in [5.74, 6) is -0.279. The van der Waals surface area contributed by atoms with E-state index in [0.29, 0.717) is 5.56 Å². The second-order valence-electron chi connectivity index (χ2n) is 3.57. The van der Waals surface area contributed by atoms with E-state index in [9.17, 15) is 4.79 Å². The zero-order valence-electron chi connectivity index (χ0n) is 9.68. The maximum atomic E-state index is 11.6. The number of nitrogens with zero attached hydrogens (tertiary/aromatic N) is 2. The normalized spacial score (nSPS) is 10.2. The molecule has 17 heavy (non-hydrogen) atoms.